The van der Waals surface area contributed by atoms with Gasteiger partial charge in [0.05, 0.1) is 6.26 Å². The number of nitrogens with zero attached hydrogens (tertiary/aromatic N) is 2. The number of hydrogen-bond acceptors (Lipinski definition) is 4. The van der Waals surface area contributed by atoms with Crippen LogP contribution in [0.1, 0.15) is 35.7 Å². The normalized spacial score (nSPS) is 20.8. The van der Waals surface area contributed by atoms with Crippen LogP contribution in [0, 0.1) is 6.92 Å². The van der Waals surface area contributed by atoms with Gasteiger partial charge < -0.3 is 9.32 Å². The fourth-order valence-corrected chi connectivity index (χ4v) is 3.88. The average Bonchev–Trinajstić information content (AvgIpc) is 2.77. The Hall–Kier alpha value is -1.34. The average molecular weight is 314 g/mol. The molecule has 0 bridgehead atoms. The van der Waals surface area contributed by atoms with Crippen LogP contribution in [0.3, 0.4) is 0 Å². The highest BCUT2D eigenvalue weighted by Gasteiger charge is 2.33. The van der Waals surface area contributed by atoms with Gasteiger partial charge in [0.15, 0.2) is 5.76 Å². The van der Waals surface area contributed by atoms with Crippen LogP contribution < -0.4 is 0 Å². The molecule has 0 spiro atoms. The standard InChI is InChI=1S/C14H22N2O4S/c1-5-12-10(2)8-13(20-12)14(17)15-6-7-16(11(3)9-15)21(4,18)19/h8,11H,5-7,9H2,1-4H3/t11-/m0/s1. The van der Waals surface area contributed by atoms with Crippen LogP contribution in [-0.2, 0) is 16.4 Å². The summed E-state index contributed by atoms with van der Waals surface area (Å²) in [5.41, 5.74) is 0.976. The number of piperazine rings is 1. The number of amides is 1. The van der Waals surface area contributed by atoms with Crippen LogP contribution in [0.5, 0.6) is 0 Å². The van der Waals surface area contributed by atoms with E-state index < -0.39 is 10.0 Å². The van der Waals surface area contributed by atoms with E-state index in [-0.39, 0.29) is 11.9 Å². The van der Waals surface area contributed by atoms with Gasteiger partial charge in [-0.1, -0.05) is 6.92 Å². The van der Waals surface area contributed by atoms with E-state index in [4.69, 9.17) is 4.42 Å². The van der Waals surface area contributed by atoms with Crippen LogP contribution in [0.2, 0.25) is 0 Å². The minimum absolute atomic E-state index is 0.169. The maximum Gasteiger partial charge on any atom is 0.289 e. The van der Waals surface area contributed by atoms with E-state index in [1.54, 1.807) is 11.0 Å². The summed E-state index contributed by atoms with van der Waals surface area (Å²) in [7, 11) is -3.22. The summed E-state index contributed by atoms with van der Waals surface area (Å²) in [6.45, 7) is 6.80. The SMILES string of the molecule is CCc1oc(C(=O)N2CCN(S(C)(=O)=O)[C@@H](C)C2)cc1C. The van der Waals surface area contributed by atoms with Crippen molar-refractivity contribution in [1.82, 2.24) is 9.21 Å². The second-order valence-electron chi connectivity index (χ2n) is 5.54. The molecule has 0 saturated carbocycles. The summed E-state index contributed by atoms with van der Waals surface area (Å²) >= 11 is 0. The molecule has 1 aromatic heterocycles. The Morgan fingerprint density at radius 2 is 2.10 bits per heavy atom. The zero-order valence-electron chi connectivity index (χ0n) is 12.9. The van der Waals surface area contributed by atoms with Gasteiger partial charge in [0, 0.05) is 32.1 Å². The Morgan fingerprint density at radius 1 is 1.43 bits per heavy atom. The van der Waals surface area contributed by atoms with Crippen LogP contribution in [0.4, 0.5) is 0 Å². The van der Waals surface area contributed by atoms with Gasteiger partial charge in [-0.2, -0.15) is 4.31 Å². The van der Waals surface area contributed by atoms with Crippen LogP contribution in [-0.4, -0.2) is 55.5 Å². The van der Waals surface area contributed by atoms with E-state index in [9.17, 15) is 13.2 Å². The lowest BCUT2D eigenvalue weighted by molar-refractivity contribution is 0.0610. The highest BCUT2D eigenvalue weighted by Crippen LogP contribution is 2.20. The summed E-state index contributed by atoms with van der Waals surface area (Å²) in [4.78, 5) is 14.1. The summed E-state index contributed by atoms with van der Waals surface area (Å²) in [5, 5.41) is 0. The third-order valence-corrected chi connectivity index (χ3v) is 5.23. The molecule has 1 saturated heterocycles. The maximum atomic E-state index is 12.4. The lowest BCUT2D eigenvalue weighted by atomic mass is 10.2. The molecule has 0 aromatic carbocycles. The van der Waals surface area contributed by atoms with Crippen LogP contribution >= 0.6 is 0 Å². The van der Waals surface area contributed by atoms with E-state index in [0.29, 0.717) is 25.4 Å². The molecule has 1 amide bonds. The molecule has 0 N–H and O–H groups in total. The molecule has 2 heterocycles. The van der Waals surface area contributed by atoms with Crippen LogP contribution in [0.25, 0.3) is 0 Å². The first-order chi connectivity index (χ1) is 9.74. The largest absolute Gasteiger partial charge is 0.456 e. The number of rotatable bonds is 3. The van der Waals surface area contributed by atoms with Gasteiger partial charge in [0.2, 0.25) is 10.0 Å². The lowest BCUT2D eigenvalue weighted by Gasteiger charge is -2.37. The Labute approximate surface area is 125 Å². The molecule has 118 valence electrons. The van der Waals surface area contributed by atoms with Crippen molar-refractivity contribution >= 4 is 15.9 Å². The zero-order valence-corrected chi connectivity index (χ0v) is 13.7. The molecule has 1 aliphatic rings. The van der Waals surface area contributed by atoms with E-state index in [1.165, 1.54) is 10.6 Å². The first-order valence-corrected chi connectivity index (χ1v) is 8.94. The molecular formula is C14H22N2O4S. The number of carbonyl (C=O) groups is 1. The first kappa shape index (κ1) is 16.0. The predicted molar refractivity (Wildman–Crippen MR) is 79.7 cm³/mol. The van der Waals surface area contributed by atoms with Gasteiger partial charge in [-0.15, -0.1) is 0 Å². The number of carbonyl (C=O) groups excluding carboxylic acids is 1. The van der Waals surface area contributed by atoms with E-state index in [1.807, 2.05) is 20.8 Å². The van der Waals surface area contributed by atoms with Crippen molar-refractivity contribution in [2.24, 2.45) is 0 Å². The Morgan fingerprint density at radius 3 is 2.57 bits per heavy atom. The zero-order chi connectivity index (χ0) is 15.8. The second-order valence-corrected chi connectivity index (χ2v) is 7.48. The fraction of sp³-hybridized carbons (Fsp3) is 0.643. The molecule has 7 heteroatoms. The van der Waals surface area contributed by atoms with Crippen molar-refractivity contribution in [1.29, 1.82) is 0 Å². The summed E-state index contributed by atoms with van der Waals surface area (Å²) < 4.78 is 30.3. The number of sulfonamides is 1. The van der Waals surface area contributed by atoms with Crippen molar-refractivity contribution in [2.45, 2.75) is 33.2 Å². The lowest BCUT2D eigenvalue weighted by Crippen LogP contribution is -2.55. The Kier molecular flexibility index (Phi) is 4.43. The molecule has 0 unspecified atom stereocenters. The van der Waals surface area contributed by atoms with Gasteiger partial charge in [-0.25, -0.2) is 8.42 Å². The van der Waals surface area contributed by atoms with Crippen molar-refractivity contribution < 1.29 is 17.6 Å². The highest BCUT2D eigenvalue weighted by molar-refractivity contribution is 7.88. The van der Waals surface area contributed by atoms with Crippen LogP contribution in [0.15, 0.2) is 10.5 Å². The predicted octanol–water partition coefficient (Wildman–Crippen LogP) is 1.26. The molecule has 0 aliphatic carbocycles. The topological polar surface area (TPSA) is 70.8 Å². The molecule has 1 aromatic rings. The third kappa shape index (κ3) is 3.29. The first-order valence-electron chi connectivity index (χ1n) is 7.09. The quantitative estimate of drug-likeness (QED) is 0.842. The van der Waals surface area contributed by atoms with E-state index in [2.05, 4.69) is 0 Å². The summed E-state index contributed by atoms with van der Waals surface area (Å²) in [5.74, 6) is 0.989. The van der Waals surface area contributed by atoms with E-state index in [0.717, 1.165) is 17.7 Å². The van der Waals surface area contributed by atoms with Gasteiger partial charge in [-0.3, -0.25) is 4.79 Å². The van der Waals surface area contributed by atoms with Gasteiger partial charge in [0.25, 0.3) is 5.91 Å². The Balaban J connectivity index is 2.12. The molecule has 2 rings (SSSR count). The molecule has 0 radical (unpaired) electrons. The van der Waals surface area contributed by atoms with Gasteiger partial charge in [0.1, 0.15) is 5.76 Å². The van der Waals surface area contributed by atoms with Crippen molar-refractivity contribution in [3.05, 3.63) is 23.2 Å². The Bertz CT molecular complexity index is 635. The van der Waals surface area contributed by atoms with Crippen molar-refractivity contribution in [3.8, 4) is 0 Å². The van der Waals surface area contributed by atoms with Crippen molar-refractivity contribution in [2.75, 3.05) is 25.9 Å². The minimum Gasteiger partial charge on any atom is -0.456 e. The van der Waals surface area contributed by atoms with Gasteiger partial charge >= 0.3 is 0 Å². The molecule has 21 heavy (non-hydrogen) atoms. The monoisotopic (exact) mass is 314 g/mol. The molecule has 1 fully saturated rings. The summed E-state index contributed by atoms with van der Waals surface area (Å²) in [6.07, 6.45) is 1.95. The third-order valence-electron chi connectivity index (χ3n) is 3.83. The fourth-order valence-electron chi connectivity index (χ4n) is 2.75. The van der Waals surface area contributed by atoms with Gasteiger partial charge in [-0.05, 0) is 25.5 Å². The summed E-state index contributed by atoms with van der Waals surface area (Å²) in [6, 6.07) is 1.54. The molecule has 6 nitrogen and oxygen atoms in total. The molecule has 1 aliphatic heterocycles. The molecule has 1 atom stereocenters. The van der Waals surface area contributed by atoms with Crippen molar-refractivity contribution in [3.63, 3.8) is 0 Å². The number of furan rings is 1. The number of aryl methyl sites for hydroxylation is 2. The minimum atomic E-state index is -3.22. The number of hydrogen-bond donors (Lipinski definition) is 0. The van der Waals surface area contributed by atoms with E-state index >= 15 is 0 Å². The smallest absolute Gasteiger partial charge is 0.289 e. The maximum absolute atomic E-state index is 12.4. The molecular weight excluding hydrogens is 292 g/mol. The highest BCUT2D eigenvalue weighted by atomic mass is 32.2. The second kappa shape index (κ2) is 5.81.